The van der Waals surface area contributed by atoms with Crippen molar-refractivity contribution in [3.63, 3.8) is 0 Å². The van der Waals surface area contributed by atoms with Crippen LogP contribution < -0.4 is 10.1 Å². The van der Waals surface area contributed by atoms with Crippen molar-refractivity contribution in [1.82, 2.24) is 5.32 Å². The Morgan fingerprint density at radius 2 is 2.16 bits per heavy atom. The molecule has 0 bridgehead atoms. The van der Waals surface area contributed by atoms with Gasteiger partial charge in [-0.05, 0) is 24.3 Å². The topological polar surface area (TPSA) is 34.4 Å². The van der Waals surface area contributed by atoms with Crippen LogP contribution in [0.4, 0.5) is 0 Å². The van der Waals surface area contributed by atoms with E-state index in [0.29, 0.717) is 12.6 Å². The van der Waals surface area contributed by atoms with Crippen molar-refractivity contribution in [1.29, 1.82) is 0 Å². The normalized spacial score (nSPS) is 10.9. The summed E-state index contributed by atoms with van der Waals surface area (Å²) in [4.78, 5) is 0. The highest BCUT2D eigenvalue weighted by atomic mass is 79.9. The minimum atomic E-state index is 0.443. The Bertz CT molecular complexity index is 522. The van der Waals surface area contributed by atoms with Gasteiger partial charge in [0.25, 0.3) is 0 Å². The largest absolute Gasteiger partial charge is 0.486 e. The van der Waals surface area contributed by atoms with Crippen LogP contribution in [-0.2, 0) is 13.2 Å². The maximum atomic E-state index is 5.73. The second kappa shape index (κ2) is 6.78. The van der Waals surface area contributed by atoms with Crippen molar-refractivity contribution in [2.75, 3.05) is 0 Å². The van der Waals surface area contributed by atoms with E-state index >= 15 is 0 Å². The number of rotatable bonds is 6. The quantitative estimate of drug-likeness (QED) is 0.868. The van der Waals surface area contributed by atoms with Gasteiger partial charge >= 0.3 is 0 Å². The number of benzene rings is 1. The van der Waals surface area contributed by atoms with Crippen molar-refractivity contribution in [2.45, 2.75) is 33.0 Å². The van der Waals surface area contributed by atoms with Gasteiger partial charge < -0.3 is 14.5 Å². The lowest BCUT2D eigenvalue weighted by molar-refractivity contribution is 0.268. The van der Waals surface area contributed by atoms with E-state index in [1.165, 1.54) is 0 Å². The Hall–Kier alpha value is -1.26. The van der Waals surface area contributed by atoms with Gasteiger partial charge in [-0.3, -0.25) is 0 Å². The summed E-state index contributed by atoms with van der Waals surface area (Å²) in [5.74, 6) is 1.70. The van der Waals surface area contributed by atoms with E-state index in [9.17, 15) is 0 Å². The minimum absolute atomic E-state index is 0.443. The SMILES string of the molecule is CC(C)NCc1ccoc1COc1cccc(Br)c1. The maximum absolute atomic E-state index is 5.73. The second-order valence-electron chi connectivity index (χ2n) is 4.65. The number of hydrogen-bond acceptors (Lipinski definition) is 3. The number of furan rings is 1. The molecule has 0 aliphatic rings. The first-order chi connectivity index (χ1) is 9.15. The monoisotopic (exact) mass is 323 g/mol. The van der Waals surface area contributed by atoms with Crippen LogP contribution in [-0.4, -0.2) is 6.04 Å². The van der Waals surface area contributed by atoms with Crippen LogP contribution in [0.15, 0.2) is 45.5 Å². The van der Waals surface area contributed by atoms with Crippen molar-refractivity contribution < 1.29 is 9.15 Å². The molecule has 0 amide bonds. The highest BCUT2D eigenvalue weighted by Crippen LogP contribution is 2.20. The lowest BCUT2D eigenvalue weighted by atomic mass is 10.2. The van der Waals surface area contributed by atoms with Crippen LogP contribution in [0, 0.1) is 0 Å². The Labute approximate surface area is 122 Å². The standard InChI is InChI=1S/C15H18BrNO2/c1-11(2)17-9-12-6-7-18-15(12)10-19-14-5-3-4-13(16)8-14/h3-8,11,17H,9-10H2,1-2H3. The van der Waals surface area contributed by atoms with Crippen LogP contribution in [0.1, 0.15) is 25.2 Å². The molecule has 1 aromatic heterocycles. The summed E-state index contributed by atoms with van der Waals surface area (Å²) in [6.07, 6.45) is 1.71. The molecule has 3 nitrogen and oxygen atoms in total. The molecule has 0 aliphatic heterocycles. The van der Waals surface area contributed by atoms with Crippen LogP contribution in [0.5, 0.6) is 5.75 Å². The highest BCUT2D eigenvalue weighted by molar-refractivity contribution is 9.10. The smallest absolute Gasteiger partial charge is 0.146 e. The van der Waals surface area contributed by atoms with Crippen molar-refractivity contribution in [3.05, 3.63) is 52.4 Å². The Kier molecular flexibility index (Phi) is 5.05. The fourth-order valence-corrected chi connectivity index (χ4v) is 2.05. The summed E-state index contributed by atoms with van der Waals surface area (Å²) in [7, 11) is 0. The zero-order chi connectivity index (χ0) is 13.7. The van der Waals surface area contributed by atoms with Crippen LogP contribution in [0.25, 0.3) is 0 Å². The molecule has 102 valence electrons. The summed E-state index contributed by atoms with van der Waals surface area (Å²) in [5.41, 5.74) is 1.14. The second-order valence-corrected chi connectivity index (χ2v) is 5.57. The molecule has 2 rings (SSSR count). The molecule has 0 aliphatic carbocycles. The first-order valence-electron chi connectivity index (χ1n) is 6.32. The number of halogens is 1. The van der Waals surface area contributed by atoms with Gasteiger partial charge in [-0.1, -0.05) is 35.8 Å². The third kappa shape index (κ3) is 4.40. The van der Waals surface area contributed by atoms with E-state index in [-0.39, 0.29) is 0 Å². The molecule has 0 fully saturated rings. The van der Waals surface area contributed by atoms with Gasteiger partial charge in [0.15, 0.2) is 0 Å². The Balaban J connectivity index is 1.94. The Morgan fingerprint density at radius 3 is 2.89 bits per heavy atom. The lowest BCUT2D eigenvalue weighted by Gasteiger charge is -2.09. The van der Waals surface area contributed by atoms with Crippen LogP contribution in [0.3, 0.4) is 0 Å². The van der Waals surface area contributed by atoms with E-state index in [1.807, 2.05) is 30.3 Å². The first-order valence-corrected chi connectivity index (χ1v) is 7.11. The summed E-state index contributed by atoms with van der Waals surface area (Å²) in [5, 5.41) is 3.37. The molecule has 0 unspecified atom stereocenters. The molecule has 4 heteroatoms. The van der Waals surface area contributed by atoms with Gasteiger partial charge in [0.05, 0.1) is 6.26 Å². The molecule has 0 saturated carbocycles. The zero-order valence-electron chi connectivity index (χ0n) is 11.2. The van der Waals surface area contributed by atoms with Crippen molar-refractivity contribution in [3.8, 4) is 5.75 Å². The van der Waals surface area contributed by atoms with E-state index < -0.39 is 0 Å². The fourth-order valence-electron chi connectivity index (χ4n) is 1.67. The van der Waals surface area contributed by atoms with E-state index in [1.54, 1.807) is 6.26 Å². The Morgan fingerprint density at radius 1 is 1.32 bits per heavy atom. The molecule has 1 N–H and O–H groups in total. The predicted molar refractivity (Wildman–Crippen MR) is 79.2 cm³/mol. The van der Waals surface area contributed by atoms with Crippen LogP contribution in [0.2, 0.25) is 0 Å². The van der Waals surface area contributed by atoms with Gasteiger partial charge in [0.1, 0.15) is 18.1 Å². The molecule has 0 atom stereocenters. The lowest BCUT2D eigenvalue weighted by Crippen LogP contribution is -2.22. The average molecular weight is 324 g/mol. The number of ether oxygens (including phenoxy) is 1. The summed E-state index contributed by atoms with van der Waals surface area (Å²) >= 11 is 3.42. The first kappa shape index (κ1) is 14.2. The van der Waals surface area contributed by atoms with Crippen LogP contribution >= 0.6 is 15.9 Å². The van der Waals surface area contributed by atoms with Gasteiger partial charge in [-0.15, -0.1) is 0 Å². The van der Waals surface area contributed by atoms with Crippen molar-refractivity contribution in [2.24, 2.45) is 0 Å². The van der Waals surface area contributed by atoms with E-state index in [4.69, 9.17) is 9.15 Å². The van der Waals surface area contributed by atoms with E-state index in [2.05, 4.69) is 35.1 Å². The molecule has 1 aromatic carbocycles. The van der Waals surface area contributed by atoms with Gasteiger partial charge in [0, 0.05) is 22.6 Å². The highest BCUT2D eigenvalue weighted by Gasteiger charge is 2.07. The van der Waals surface area contributed by atoms with E-state index in [0.717, 1.165) is 28.1 Å². The third-order valence-electron chi connectivity index (χ3n) is 2.70. The zero-order valence-corrected chi connectivity index (χ0v) is 12.7. The summed E-state index contributed by atoms with van der Waals surface area (Å²) < 4.78 is 12.2. The molecule has 0 saturated heterocycles. The number of nitrogens with one attached hydrogen (secondary N) is 1. The molecular formula is C15H18BrNO2. The third-order valence-corrected chi connectivity index (χ3v) is 3.20. The molecule has 19 heavy (non-hydrogen) atoms. The predicted octanol–water partition coefficient (Wildman–Crippen LogP) is 4.12. The molecular weight excluding hydrogens is 306 g/mol. The van der Waals surface area contributed by atoms with Crippen molar-refractivity contribution >= 4 is 15.9 Å². The van der Waals surface area contributed by atoms with Gasteiger partial charge in [-0.2, -0.15) is 0 Å². The summed E-state index contributed by atoms with van der Waals surface area (Å²) in [6, 6.07) is 10.2. The molecule has 0 radical (unpaired) electrons. The fraction of sp³-hybridized carbons (Fsp3) is 0.333. The average Bonchev–Trinajstić information content (AvgIpc) is 2.81. The molecule has 2 aromatic rings. The number of hydrogen-bond donors (Lipinski definition) is 1. The van der Waals surface area contributed by atoms with Gasteiger partial charge in [0.2, 0.25) is 0 Å². The minimum Gasteiger partial charge on any atom is -0.486 e. The summed E-state index contributed by atoms with van der Waals surface area (Å²) in [6.45, 7) is 5.49. The van der Waals surface area contributed by atoms with Gasteiger partial charge in [-0.25, -0.2) is 0 Å². The molecule has 0 spiro atoms. The molecule has 1 heterocycles. The maximum Gasteiger partial charge on any atom is 0.146 e.